The number of benzene rings is 1. The first kappa shape index (κ1) is 11.5. The molecule has 0 radical (unpaired) electrons. The average molecular weight is 253 g/mol. The van der Waals surface area contributed by atoms with Crippen LogP contribution in [0.25, 0.3) is 0 Å². The quantitative estimate of drug-likeness (QED) is 0.874. The lowest BCUT2D eigenvalue weighted by atomic mass is 10.2. The van der Waals surface area contributed by atoms with Crippen molar-refractivity contribution in [3.63, 3.8) is 0 Å². The molecular weight excluding hydrogens is 240 g/mol. The summed E-state index contributed by atoms with van der Waals surface area (Å²) in [4.78, 5) is 1.22. The Kier molecular flexibility index (Phi) is 3.83. The van der Waals surface area contributed by atoms with Gasteiger partial charge in [0.05, 0.1) is 16.8 Å². The van der Waals surface area contributed by atoms with Crippen molar-refractivity contribution in [3.8, 4) is 0 Å². The Morgan fingerprint density at radius 2 is 2.06 bits per heavy atom. The van der Waals surface area contributed by atoms with Gasteiger partial charge < -0.3 is 11.1 Å². The highest BCUT2D eigenvalue weighted by atomic mass is 35.5. The minimum atomic E-state index is 0.125. The molecule has 1 aromatic carbocycles. The van der Waals surface area contributed by atoms with Crippen molar-refractivity contribution < 1.29 is 0 Å². The molecule has 1 atom stereocenters. The fourth-order valence-corrected chi connectivity index (χ4v) is 2.48. The fourth-order valence-electron chi connectivity index (χ4n) is 1.50. The van der Waals surface area contributed by atoms with Crippen molar-refractivity contribution in [2.45, 2.75) is 6.04 Å². The van der Waals surface area contributed by atoms with E-state index in [0.717, 1.165) is 10.7 Å². The van der Waals surface area contributed by atoms with Gasteiger partial charge >= 0.3 is 0 Å². The van der Waals surface area contributed by atoms with Crippen LogP contribution in [-0.4, -0.2) is 6.54 Å². The third kappa shape index (κ3) is 2.55. The molecule has 0 saturated carbocycles. The Labute approximate surface area is 104 Å². The second-order valence-electron chi connectivity index (χ2n) is 3.43. The summed E-state index contributed by atoms with van der Waals surface area (Å²) in [5.41, 5.74) is 6.69. The van der Waals surface area contributed by atoms with Gasteiger partial charge in [0.1, 0.15) is 0 Å². The van der Waals surface area contributed by atoms with E-state index < -0.39 is 0 Å². The van der Waals surface area contributed by atoms with Crippen LogP contribution in [0.4, 0.5) is 5.69 Å². The third-order valence-electron chi connectivity index (χ3n) is 2.33. The lowest BCUT2D eigenvalue weighted by molar-refractivity contribution is 0.806. The first-order chi connectivity index (χ1) is 7.81. The van der Waals surface area contributed by atoms with Crippen LogP contribution in [-0.2, 0) is 0 Å². The summed E-state index contributed by atoms with van der Waals surface area (Å²) in [7, 11) is 0. The lowest BCUT2D eigenvalue weighted by Crippen LogP contribution is -2.19. The second-order valence-corrected chi connectivity index (χ2v) is 4.81. The van der Waals surface area contributed by atoms with E-state index in [2.05, 4.69) is 11.4 Å². The third-order valence-corrected chi connectivity index (χ3v) is 3.64. The molecule has 0 spiro atoms. The van der Waals surface area contributed by atoms with E-state index in [9.17, 15) is 0 Å². The van der Waals surface area contributed by atoms with Gasteiger partial charge in [-0.2, -0.15) is 0 Å². The molecule has 2 aromatic rings. The lowest BCUT2D eigenvalue weighted by Gasteiger charge is -2.17. The molecular formula is C12H13ClN2S. The molecule has 0 aliphatic heterocycles. The standard InChI is InChI=1S/C12H13ClN2S/c13-9-4-1-2-5-10(9)15-11(8-14)12-6-3-7-16-12/h1-7,11,15H,8,14H2. The predicted octanol–water partition coefficient (Wildman–Crippen LogP) is 3.51. The normalized spacial score (nSPS) is 12.4. The minimum absolute atomic E-state index is 0.125. The van der Waals surface area contributed by atoms with Crippen molar-refractivity contribution >= 4 is 28.6 Å². The van der Waals surface area contributed by atoms with Gasteiger partial charge in [0.2, 0.25) is 0 Å². The van der Waals surface area contributed by atoms with Gasteiger partial charge in [-0.1, -0.05) is 29.8 Å². The van der Waals surface area contributed by atoms with Gasteiger partial charge in [-0.05, 0) is 23.6 Å². The number of thiophene rings is 1. The first-order valence-corrected chi connectivity index (χ1v) is 6.31. The molecule has 0 aliphatic carbocycles. The number of anilines is 1. The van der Waals surface area contributed by atoms with Crippen LogP contribution < -0.4 is 11.1 Å². The van der Waals surface area contributed by atoms with E-state index in [1.165, 1.54) is 4.88 Å². The molecule has 0 saturated heterocycles. The zero-order valence-corrected chi connectivity index (χ0v) is 10.3. The van der Waals surface area contributed by atoms with Crippen LogP contribution in [0, 0.1) is 0 Å². The van der Waals surface area contributed by atoms with Gasteiger partial charge in [0.15, 0.2) is 0 Å². The maximum Gasteiger partial charge on any atom is 0.0729 e. The zero-order valence-electron chi connectivity index (χ0n) is 8.69. The fraction of sp³-hybridized carbons (Fsp3) is 0.167. The van der Waals surface area contributed by atoms with Crippen LogP contribution in [0.5, 0.6) is 0 Å². The summed E-state index contributed by atoms with van der Waals surface area (Å²) >= 11 is 7.78. The molecule has 1 heterocycles. The number of halogens is 1. The number of para-hydroxylation sites is 1. The average Bonchev–Trinajstić information content (AvgIpc) is 2.81. The van der Waals surface area contributed by atoms with E-state index in [-0.39, 0.29) is 6.04 Å². The van der Waals surface area contributed by atoms with Gasteiger partial charge in [0.25, 0.3) is 0 Å². The maximum absolute atomic E-state index is 6.09. The minimum Gasteiger partial charge on any atom is -0.375 e. The molecule has 0 aliphatic rings. The smallest absolute Gasteiger partial charge is 0.0729 e. The summed E-state index contributed by atoms with van der Waals surface area (Å²) in [6.45, 7) is 0.547. The summed E-state index contributed by atoms with van der Waals surface area (Å²) in [5, 5.41) is 6.12. The molecule has 84 valence electrons. The number of rotatable bonds is 4. The Bertz CT molecular complexity index is 442. The van der Waals surface area contributed by atoms with E-state index in [1.54, 1.807) is 11.3 Å². The van der Waals surface area contributed by atoms with Crippen LogP contribution in [0.2, 0.25) is 5.02 Å². The number of hydrogen-bond acceptors (Lipinski definition) is 3. The highest BCUT2D eigenvalue weighted by Gasteiger charge is 2.11. The molecule has 2 nitrogen and oxygen atoms in total. The molecule has 1 aromatic heterocycles. The van der Waals surface area contributed by atoms with Crippen LogP contribution >= 0.6 is 22.9 Å². The molecule has 0 amide bonds. The number of hydrogen-bond donors (Lipinski definition) is 2. The SMILES string of the molecule is NCC(Nc1ccccc1Cl)c1cccs1. The molecule has 1 unspecified atom stereocenters. The highest BCUT2D eigenvalue weighted by molar-refractivity contribution is 7.10. The maximum atomic E-state index is 6.09. The monoisotopic (exact) mass is 252 g/mol. The summed E-state index contributed by atoms with van der Waals surface area (Å²) in [5.74, 6) is 0. The summed E-state index contributed by atoms with van der Waals surface area (Å²) in [6, 6.07) is 11.9. The van der Waals surface area contributed by atoms with E-state index in [4.69, 9.17) is 17.3 Å². The van der Waals surface area contributed by atoms with Gasteiger partial charge in [-0.3, -0.25) is 0 Å². The van der Waals surface area contributed by atoms with Gasteiger partial charge in [0, 0.05) is 11.4 Å². The van der Waals surface area contributed by atoms with Crippen LogP contribution in [0.3, 0.4) is 0 Å². The summed E-state index contributed by atoms with van der Waals surface area (Å²) < 4.78 is 0. The molecule has 4 heteroatoms. The first-order valence-electron chi connectivity index (χ1n) is 5.06. The van der Waals surface area contributed by atoms with E-state index >= 15 is 0 Å². The van der Waals surface area contributed by atoms with Gasteiger partial charge in [-0.15, -0.1) is 11.3 Å². The van der Waals surface area contributed by atoms with Crippen molar-refractivity contribution in [2.75, 3.05) is 11.9 Å². The second kappa shape index (κ2) is 5.34. The van der Waals surface area contributed by atoms with Crippen molar-refractivity contribution in [3.05, 3.63) is 51.7 Å². The van der Waals surface area contributed by atoms with Crippen molar-refractivity contribution in [1.29, 1.82) is 0 Å². The Hall–Kier alpha value is -1.03. The van der Waals surface area contributed by atoms with Crippen molar-refractivity contribution in [2.24, 2.45) is 5.73 Å². The number of nitrogens with two attached hydrogens (primary N) is 1. The van der Waals surface area contributed by atoms with Crippen LogP contribution in [0.15, 0.2) is 41.8 Å². The predicted molar refractivity (Wildman–Crippen MR) is 71.2 cm³/mol. The Morgan fingerprint density at radius 3 is 2.69 bits per heavy atom. The van der Waals surface area contributed by atoms with E-state index in [1.807, 2.05) is 35.7 Å². The van der Waals surface area contributed by atoms with Crippen molar-refractivity contribution in [1.82, 2.24) is 0 Å². The molecule has 16 heavy (non-hydrogen) atoms. The summed E-state index contributed by atoms with van der Waals surface area (Å²) in [6.07, 6.45) is 0. The molecule has 0 fully saturated rings. The molecule has 3 N–H and O–H groups in total. The van der Waals surface area contributed by atoms with Crippen LogP contribution in [0.1, 0.15) is 10.9 Å². The Balaban J connectivity index is 2.17. The highest BCUT2D eigenvalue weighted by Crippen LogP contribution is 2.27. The Morgan fingerprint density at radius 1 is 1.25 bits per heavy atom. The number of nitrogens with one attached hydrogen (secondary N) is 1. The largest absolute Gasteiger partial charge is 0.375 e. The van der Waals surface area contributed by atoms with Gasteiger partial charge in [-0.25, -0.2) is 0 Å². The molecule has 2 rings (SSSR count). The topological polar surface area (TPSA) is 38.0 Å². The van der Waals surface area contributed by atoms with E-state index in [0.29, 0.717) is 6.54 Å². The molecule has 0 bridgehead atoms. The zero-order chi connectivity index (χ0) is 11.4.